The summed E-state index contributed by atoms with van der Waals surface area (Å²) in [6.45, 7) is 8.18. The summed E-state index contributed by atoms with van der Waals surface area (Å²) in [7, 11) is 0. The molecule has 2 N–H and O–H groups in total. The first kappa shape index (κ1) is 21.1. The highest BCUT2D eigenvalue weighted by molar-refractivity contribution is 7.16. The highest BCUT2D eigenvalue weighted by Crippen LogP contribution is 2.43. The molecule has 1 saturated heterocycles. The van der Waals surface area contributed by atoms with Crippen LogP contribution in [-0.4, -0.2) is 36.9 Å². The van der Waals surface area contributed by atoms with Crippen molar-refractivity contribution in [2.24, 2.45) is 4.99 Å². The molecular weight excluding hydrogens is 395 g/mol. The number of amidine groups is 1. The molecule has 3 heterocycles. The van der Waals surface area contributed by atoms with E-state index in [2.05, 4.69) is 41.5 Å². The Hall–Kier alpha value is -2.18. The molecule has 2 aliphatic heterocycles. The van der Waals surface area contributed by atoms with Gasteiger partial charge in [0.05, 0.1) is 16.9 Å². The third-order valence-electron chi connectivity index (χ3n) is 5.69. The number of rotatable bonds is 6. The van der Waals surface area contributed by atoms with Gasteiger partial charge in [-0.1, -0.05) is 26.0 Å². The number of hydrogen-bond acceptors (Lipinski definition) is 5. The average Bonchev–Trinajstić information content (AvgIpc) is 3.02. The van der Waals surface area contributed by atoms with Crippen molar-refractivity contribution in [1.29, 1.82) is 0 Å². The van der Waals surface area contributed by atoms with Gasteiger partial charge in [-0.15, -0.1) is 11.3 Å². The fraction of sp³-hybridized carbons (Fsp3) is 0.458. The molecule has 0 spiro atoms. The van der Waals surface area contributed by atoms with Gasteiger partial charge in [0.2, 0.25) is 0 Å². The van der Waals surface area contributed by atoms with Gasteiger partial charge >= 0.3 is 0 Å². The van der Waals surface area contributed by atoms with Gasteiger partial charge in [-0.3, -0.25) is 0 Å². The van der Waals surface area contributed by atoms with E-state index in [9.17, 15) is 4.39 Å². The third kappa shape index (κ3) is 4.44. The molecule has 4 rings (SSSR count). The summed E-state index contributed by atoms with van der Waals surface area (Å²) in [5.41, 5.74) is 4.21. The molecule has 0 saturated carbocycles. The predicted molar refractivity (Wildman–Crippen MR) is 126 cm³/mol. The van der Waals surface area contributed by atoms with Crippen LogP contribution in [0, 0.1) is 5.82 Å². The Balaban J connectivity index is 1.76. The molecule has 0 unspecified atom stereocenters. The van der Waals surface area contributed by atoms with Crippen LogP contribution in [0.4, 0.5) is 20.8 Å². The lowest BCUT2D eigenvalue weighted by atomic mass is 10.0. The van der Waals surface area contributed by atoms with Crippen molar-refractivity contribution >= 4 is 33.5 Å². The molecule has 1 aromatic heterocycles. The number of halogens is 1. The normalized spacial score (nSPS) is 16.1. The maximum absolute atomic E-state index is 14.0. The monoisotopic (exact) mass is 426 g/mol. The van der Waals surface area contributed by atoms with Crippen molar-refractivity contribution in [3.63, 3.8) is 0 Å². The molecule has 2 aliphatic rings. The molecule has 1 aromatic carbocycles. The van der Waals surface area contributed by atoms with Gasteiger partial charge in [-0.05, 0) is 55.9 Å². The van der Waals surface area contributed by atoms with Crippen LogP contribution in [0.15, 0.2) is 35.3 Å². The highest BCUT2D eigenvalue weighted by atomic mass is 32.1. The minimum Gasteiger partial charge on any atom is -0.353 e. The van der Waals surface area contributed by atoms with Crippen molar-refractivity contribution in [3.8, 4) is 0 Å². The van der Waals surface area contributed by atoms with Gasteiger partial charge in [0.15, 0.2) is 0 Å². The Morgan fingerprint density at radius 2 is 2.03 bits per heavy atom. The summed E-state index contributed by atoms with van der Waals surface area (Å²) in [5.74, 6) is 0.804. The van der Waals surface area contributed by atoms with Gasteiger partial charge in [-0.2, -0.15) is 0 Å². The lowest BCUT2D eigenvalue weighted by molar-refractivity contribution is 0.358. The minimum atomic E-state index is -0.237. The number of unbranched alkanes of at least 4 members (excludes halogenated alkanes) is 1. The molecule has 2 aromatic rings. The maximum Gasteiger partial charge on any atom is 0.140 e. The molecule has 0 radical (unpaired) electrons. The maximum atomic E-state index is 14.0. The summed E-state index contributed by atoms with van der Waals surface area (Å²) in [6, 6.07) is 4.84. The Morgan fingerprint density at radius 3 is 2.80 bits per heavy atom. The Kier molecular flexibility index (Phi) is 6.85. The van der Waals surface area contributed by atoms with Crippen LogP contribution in [0.2, 0.25) is 0 Å². The van der Waals surface area contributed by atoms with E-state index in [1.807, 2.05) is 0 Å². The molecule has 0 bridgehead atoms. The fourth-order valence-corrected chi connectivity index (χ4v) is 5.37. The SMILES string of the molecule is CC/C=C\CCCc1c(CC)sc2c1C(N1CCNCC1)=Nc1ccc(F)cc1N2. The number of benzene rings is 1. The summed E-state index contributed by atoms with van der Waals surface area (Å²) in [6.07, 6.45) is 9.90. The summed E-state index contributed by atoms with van der Waals surface area (Å²) in [5, 5.41) is 8.07. The van der Waals surface area contributed by atoms with Crippen LogP contribution >= 0.6 is 11.3 Å². The minimum absolute atomic E-state index is 0.237. The number of nitrogens with zero attached hydrogens (tertiary/aromatic N) is 2. The van der Waals surface area contributed by atoms with Crippen LogP contribution in [0.3, 0.4) is 0 Å². The van der Waals surface area contributed by atoms with Crippen LogP contribution < -0.4 is 10.6 Å². The van der Waals surface area contributed by atoms with Gasteiger partial charge in [0.1, 0.15) is 16.7 Å². The molecule has 0 aliphatic carbocycles. The van der Waals surface area contributed by atoms with E-state index >= 15 is 0 Å². The number of anilines is 2. The van der Waals surface area contributed by atoms with Gasteiger partial charge in [-0.25, -0.2) is 9.38 Å². The van der Waals surface area contributed by atoms with Gasteiger partial charge in [0, 0.05) is 31.1 Å². The van der Waals surface area contributed by atoms with E-state index in [4.69, 9.17) is 4.99 Å². The first-order chi connectivity index (χ1) is 14.7. The molecule has 30 heavy (non-hydrogen) atoms. The van der Waals surface area contributed by atoms with E-state index in [0.717, 1.165) is 80.5 Å². The first-order valence-corrected chi connectivity index (χ1v) is 11.9. The number of hydrogen-bond donors (Lipinski definition) is 2. The van der Waals surface area contributed by atoms with E-state index in [-0.39, 0.29) is 5.82 Å². The summed E-state index contributed by atoms with van der Waals surface area (Å²) >= 11 is 1.81. The Bertz CT molecular complexity index is 941. The number of allylic oxidation sites excluding steroid dienone is 2. The zero-order valence-corrected chi connectivity index (χ0v) is 18.7. The highest BCUT2D eigenvalue weighted by Gasteiger charge is 2.28. The van der Waals surface area contributed by atoms with Crippen LogP contribution in [-0.2, 0) is 12.8 Å². The Morgan fingerprint density at radius 1 is 1.20 bits per heavy atom. The van der Waals surface area contributed by atoms with Crippen LogP contribution in [0.25, 0.3) is 0 Å². The average molecular weight is 427 g/mol. The van der Waals surface area contributed by atoms with E-state index < -0.39 is 0 Å². The second kappa shape index (κ2) is 9.75. The Labute approximate surface area is 182 Å². The molecule has 0 amide bonds. The number of aryl methyl sites for hydroxylation is 1. The topological polar surface area (TPSA) is 39.7 Å². The molecule has 0 atom stereocenters. The van der Waals surface area contributed by atoms with E-state index in [1.54, 1.807) is 23.5 Å². The zero-order chi connectivity index (χ0) is 20.9. The number of fused-ring (bicyclic) bond motifs is 2. The smallest absolute Gasteiger partial charge is 0.140 e. The van der Waals surface area contributed by atoms with Crippen molar-refractivity contribution in [2.45, 2.75) is 46.0 Å². The summed E-state index contributed by atoms with van der Waals surface area (Å²) in [4.78, 5) is 8.89. The number of nitrogens with one attached hydrogen (secondary N) is 2. The molecule has 4 nitrogen and oxygen atoms in total. The van der Waals surface area contributed by atoms with Crippen molar-refractivity contribution in [1.82, 2.24) is 10.2 Å². The van der Waals surface area contributed by atoms with Crippen molar-refractivity contribution < 1.29 is 4.39 Å². The molecule has 1 fully saturated rings. The number of piperazine rings is 1. The lowest BCUT2D eigenvalue weighted by Gasteiger charge is -2.30. The van der Waals surface area contributed by atoms with E-state index in [0.29, 0.717) is 0 Å². The van der Waals surface area contributed by atoms with Crippen molar-refractivity contribution in [2.75, 3.05) is 31.5 Å². The van der Waals surface area contributed by atoms with Crippen molar-refractivity contribution in [3.05, 3.63) is 52.2 Å². The largest absolute Gasteiger partial charge is 0.353 e. The van der Waals surface area contributed by atoms with Crippen LogP contribution in [0.1, 0.15) is 49.1 Å². The molecular formula is C24H31FN4S. The number of aliphatic imine (C=N–C) groups is 1. The zero-order valence-electron chi connectivity index (χ0n) is 17.9. The lowest BCUT2D eigenvalue weighted by Crippen LogP contribution is -2.46. The van der Waals surface area contributed by atoms with E-state index in [1.165, 1.54) is 22.1 Å². The summed E-state index contributed by atoms with van der Waals surface area (Å²) < 4.78 is 14.0. The number of thiophene rings is 1. The van der Waals surface area contributed by atoms with Crippen LogP contribution in [0.5, 0.6) is 0 Å². The third-order valence-corrected chi connectivity index (χ3v) is 6.98. The van der Waals surface area contributed by atoms with Gasteiger partial charge in [0.25, 0.3) is 0 Å². The molecule has 6 heteroatoms. The molecule has 160 valence electrons. The first-order valence-electron chi connectivity index (χ1n) is 11.1. The second-order valence-corrected chi connectivity index (χ2v) is 8.90. The fourth-order valence-electron chi connectivity index (χ4n) is 4.17. The second-order valence-electron chi connectivity index (χ2n) is 7.79. The van der Waals surface area contributed by atoms with Gasteiger partial charge < -0.3 is 15.5 Å². The standard InChI is InChI=1S/C24H31FN4S/c1-3-5-6-7-8-9-18-21(4-2)30-24-22(18)23(29-14-12-26-13-15-29)27-19-11-10-17(25)16-20(19)28-24/h5-6,10-11,16,26,28H,3-4,7-9,12-15H2,1-2H3/b6-5-. The predicted octanol–water partition coefficient (Wildman–Crippen LogP) is 5.78. The quantitative estimate of drug-likeness (QED) is 0.454.